The van der Waals surface area contributed by atoms with Gasteiger partial charge in [-0.25, -0.2) is 0 Å². The lowest BCUT2D eigenvalue weighted by atomic mass is 10.8. The second-order valence-electron chi connectivity index (χ2n) is 1.24. The summed E-state index contributed by atoms with van der Waals surface area (Å²) in [6.07, 6.45) is 1.70. The molecule has 4 heteroatoms. The van der Waals surface area contributed by atoms with Crippen LogP contribution in [0.25, 0.3) is 0 Å². The van der Waals surface area contributed by atoms with Crippen LogP contribution in [0, 0.1) is 0 Å². The zero-order valence-corrected chi connectivity index (χ0v) is 6.28. The van der Waals surface area contributed by atoms with E-state index in [9.17, 15) is 4.57 Å². The molecule has 0 radical (unpaired) electrons. The van der Waals surface area contributed by atoms with Crippen molar-refractivity contribution < 1.29 is 9.09 Å². The van der Waals surface area contributed by atoms with E-state index in [1.165, 1.54) is 13.2 Å². The summed E-state index contributed by atoms with van der Waals surface area (Å²) in [7, 11) is 1.32. The Labute approximate surface area is 53.7 Å². The van der Waals surface area contributed by atoms with E-state index in [4.69, 9.17) is 11.2 Å². The number of halogens is 1. The molecule has 0 N–H and O–H groups in total. The highest BCUT2D eigenvalue weighted by Crippen LogP contribution is 2.51. The predicted molar refractivity (Wildman–Crippen MR) is 35.5 cm³/mol. The average molecular weight is 155 g/mol. The van der Waals surface area contributed by atoms with Crippen LogP contribution in [0.4, 0.5) is 0 Å². The summed E-state index contributed by atoms with van der Waals surface area (Å²) >= 11 is 5.28. The number of rotatable bonds is 3. The molecule has 1 unspecified atom stereocenters. The molecule has 0 heterocycles. The van der Waals surface area contributed by atoms with Crippen molar-refractivity contribution in [3.8, 4) is 0 Å². The van der Waals surface area contributed by atoms with Crippen molar-refractivity contribution in [2.75, 3.05) is 13.3 Å². The van der Waals surface area contributed by atoms with Crippen molar-refractivity contribution in [2.24, 2.45) is 0 Å². The molecule has 0 fully saturated rings. The maximum Gasteiger partial charge on any atom is 0.293 e. The smallest absolute Gasteiger partial charge is 0.293 e. The molecule has 1 atom stereocenters. The highest BCUT2D eigenvalue weighted by atomic mass is 35.7. The van der Waals surface area contributed by atoms with E-state index < -0.39 is 6.72 Å². The maximum absolute atomic E-state index is 10.7. The van der Waals surface area contributed by atoms with Gasteiger partial charge in [-0.3, -0.25) is 4.57 Å². The Morgan fingerprint density at radius 1 is 2.00 bits per heavy atom. The molecule has 0 aromatic carbocycles. The fourth-order valence-electron chi connectivity index (χ4n) is 0.229. The molecule has 0 bridgehead atoms. The van der Waals surface area contributed by atoms with Gasteiger partial charge in [-0.1, -0.05) is 6.08 Å². The van der Waals surface area contributed by atoms with Crippen molar-refractivity contribution in [1.29, 1.82) is 0 Å². The Balaban J connectivity index is 3.72. The molecule has 0 aliphatic heterocycles. The first-order valence-electron chi connectivity index (χ1n) is 2.08. The molecule has 0 aromatic rings. The third-order valence-electron chi connectivity index (χ3n) is 0.620. The second kappa shape index (κ2) is 3.29. The van der Waals surface area contributed by atoms with Crippen molar-refractivity contribution >= 4 is 18.0 Å². The van der Waals surface area contributed by atoms with Crippen molar-refractivity contribution in [1.82, 2.24) is 0 Å². The van der Waals surface area contributed by atoms with Crippen LogP contribution in [0.1, 0.15) is 0 Å². The van der Waals surface area contributed by atoms with Gasteiger partial charge in [-0.2, -0.15) is 0 Å². The summed E-state index contributed by atoms with van der Waals surface area (Å²) in [5.41, 5.74) is 0. The van der Waals surface area contributed by atoms with Gasteiger partial charge in [0, 0.05) is 7.11 Å². The quantitative estimate of drug-likeness (QED) is 0.460. The summed E-state index contributed by atoms with van der Waals surface area (Å²) in [6, 6.07) is 0. The Morgan fingerprint density at radius 2 is 2.50 bits per heavy atom. The third-order valence-corrected chi connectivity index (χ3v) is 2.69. The van der Waals surface area contributed by atoms with E-state index in [2.05, 4.69) is 11.1 Å². The molecular weight excluding hydrogens is 146 g/mol. The van der Waals surface area contributed by atoms with Crippen LogP contribution in [0.15, 0.2) is 12.7 Å². The van der Waals surface area contributed by atoms with E-state index in [-0.39, 0.29) is 6.16 Å². The molecule has 8 heavy (non-hydrogen) atoms. The lowest BCUT2D eigenvalue weighted by Crippen LogP contribution is -1.78. The molecule has 0 spiro atoms. The first kappa shape index (κ1) is 8.22. The van der Waals surface area contributed by atoms with Crippen molar-refractivity contribution in [3.63, 3.8) is 0 Å². The largest absolute Gasteiger partial charge is 0.321 e. The number of hydrogen-bond donors (Lipinski definition) is 0. The molecule has 0 amide bonds. The number of allylic oxidation sites excluding steroid dienone is 1. The van der Waals surface area contributed by atoms with Crippen LogP contribution in [0.3, 0.4) is 0 Å². The van der Waals surface area contributed by atoms with Gasteiger partial charge in [0.05, 0.1) is 6.16 Å². The highest BCUT2D eigenvalue weighted by Gasteiger charge is 2.12. The number of hydrogen-bond acceptors (Lipinski definition) is 2. The van der Waals surface area contributed by atoms with Gasteiger partial charge in [0.2, 0.25) is 0 Å². The van der Waals surface area contributed by atoms with Gasteiger partial charge in [0.15, 0.2) is 0 Å². The zero-order chi connectivity index (χ0) is 6.62. The van der Waals surface area contributed by atoms with E-state index in [0.29, 0.717) is 0 Å². The Hall–Kier alpha value is 0.220. The van der Waals surface area contributed by atoms with Crippen LogP contribution in [0.5, 0.6) is 0 Å². The first-order valence-corrected chi connectivity index (χ1v) is 4.79. The molecule has 0 aliphatic carbocycles. The first-order chi connectivity index (χ1) is 3.62. The minimum Gasteiger partial charge on any atom is -0.321 e. The molecule has 0 saturated heterocycles. The Morgan fingerprint density at radius 3 is 2.62 bits per heavy atom. The van der Waals surface area contributed by atoms with Crippen LogP contribution >= 0.6 is 18.0 Å². The standard InChI is InChI=1S/C4H8ClO2P/c1-3-4-8(5,6)7-2/h3H,1,4H2,2H3. The van der Waals surface area contributed by atoms with E-state index >= 15 is 0 Å². The van der Waals surface area contributed by atoms with Gasteiger partial charge in [0.25, 0.3) is 6.72 Å². The van der Waals surface area contributed by atoms with E-state index in [1.54, 1.807) is 0 Å². The predicted octanol–water partition coefficient (Wildman–Crippen LogP) is 2.25. The molecule has 0 saturated carbocycles. The van der Waals surface area contributed by atoms with Crippen LogP contribution in [-0.2, 0) is 9.09 Å². The fraction of sp³-hybridized carbons (Fsp3) is 0.500. The summed E-state index contributed by atoms with van der Waals surface area (Å²) < 4.78 is 15.1. The van der Waals surface area contributed by atoms with Crippen molar-refractivity contribution in [3.05, 3.63) is 12.7 Å². The van der Waals surface area contributed by atoms with Crippen LogP contribution in [0.2, 0.25) is 0 Å². The lowest BCUT2D eigenvalue weighted by Gasteiger charge is -2.01. The zero-order valence-electron chi connectivity index (χ0n) is 4.63. The topological polar surface area (TPSA) is 26.3 Å². The molecule has 0 aromatic heterocycles. The molecule has 0 rings (SSSR count). The molecule has 2 nitrogen and oxygen atoms in total. The molecular formula is C4H8ClO2P. The average Bonchev–Trinajstić information content (AvgIpc) is 1.67. The summed E-state index contributed by atoms with van der Waals surface area (Å²) in [4.78, 5) is 0. The Bertz CT molecular complexity index is 123. The maximum atomic E-state index is 10.7. The van der Waals surface area contributed by atoms with Gasteiger partial charge < -0.3 is 4.52 Å². The SMILES string of the molecule is C=CCP(=O)(Cl)OC. The monoisotopic (exact) mass is 154 g/mol. The van der Waals surface area contributed by atoms with Crippen LogP contribution in [-0.4, -0.2) is 13.3 Å². The fourth-order valence-corrected chi connectivity index (χ4v) is 0.979. The summed E-state index contributed by atoms with van der Waals surface area (Å²) in [5.74, 6) is 0. The highest BCUT2D eigenvalue weighted by molar-refractivity contribution is 7.85. The van der Waals surface area contributed by atoms with E-state index in [1.807, 2.05) is 0 Å². The van der Waals surface area contributed by atoms with Gasteiger partial charge in [0.1, 0.15) is 0 Å². The van der Waals surface area contributed by atoms with Crippen LogP contribution < -0.4 is 0 Å². The van der Waals surface area contributed by atoms with Gasteiger partial charge in [-0.15, -0.1) is 6.58 Å². The van der Waals surface area contributed by atoms with Crippen molar-refractivity contribution in [2.45, 2.75) is 0 Å². The summed E-state index contributed by atoms with van der Waals surface area (Å²) in [5, 5.41) is 0. The normalized spacial score (nSPS) is 17.2. The minimum atomic E-state index is -2.82. The Kier molecular flexibility index (Phi) is 3.38. The lowest BCUT2D eigenvalue weighted by molar-refractivity contribution is 0.410. The van der Waals surface area contributed by atoms with Gasteiger partial charge >= 0.3 is 0 Å². The minimum absolute atomic E-state index is 0.227. The summed E-state index contributed by atoms with van der Waals surface area (Å²) in [6.45, 7) is 0.538. The van der Waals surface area contributed by atoms with Gasteiger partial charge in [-0.05, 0) is 11.2 Å². The van der Waals surface area contributed by atoms with E-state index in [0.717, 1.165) is 0 Å². The molecule has 0 aliphatic rings. The third kappa shape index (κ3) is 3.25. The molecule has 48 valence electrons. The second-order valence-corrected chi connectivity index (χ2v) is 4.70.